The summed E-state index contributed by atoms with van der Waals surface area (Å²) in [6.07, 6.45) is 0.888. The first-order chi connectivity index (χ1) is 13.9. The largest absolute Gasteiger partial charge is 0.382 e. The molecule has 1 heterocycles. The highest BCUT2D eigenvalue weighted by Gasteiger charge is 2.17. The van der Waals surface area contributed by atoms with E-state index in [1.54, 1.807) is 0 Å². The molecule has 3 rings (SSSR count). The normalized spacial score (nSPS) is 10.6. The van der Waals surface area contributed by atoms with Crippen LogP contribution < -0.4 is 11.1 Å². The van der Waals surface area contributed by atoms with Gasteiger partial charge in [-0.1, -0.05) is 0 Å². The number of aromatic nitrogens is 2. The van der Waals surface area contributed by atoms with E-state index in [-0.39, 0.29) is 22.8 Å². The van der Waals surface area contributed by atoms with E-state index in [1.807, 2.05) is 6.07 Å². The number of hydrogen-bond acceptors (Lipinski definition) is 4. The third-order valence-electron chi connectivity index (χ3n) is 4.23. The molecule has 0 bridgehead atoms. The summed E-state index contributed by atoms with van der Waals surface area (Å²) in [5.41, 5.74) is 7.48. The van der Waals surface area contributed by atoms with Gasteiger partial charge in [-0.25, -0.2) is 13.5 Å². The molecule has 0 aliphatic heterocycles. The molecule has 1 aromatic heterocycles. The smallest absolute Gasteiger partial charge is 0.252 e. The maximum Gasteiger partial charge on any atom is 0.252 e. The molecule has 0 saturated heterocycles. The van der Waals surface area contributed by atoms with Crippen LogP contribution in [0, 0.1) is 23.0 Å². The molecule has 3 aromatic rings. The summed E-state index contributed by atoms with van der Waals surface area (Å²) >= 11 is 3.22. The third-order valence-corrected chi connectivity index (χ3v) is 4.92. The van der Waals surface area contributed by atoms with Gasteiger partial charge in [0.2, 0.25) is 0 Å². The number of nitriles is 1. The van der Waals surface area contributed by atoms with Crippen LogP contribution in [0.2, 0.25) is 0 Å². The molecular formula is C20H16BrF2N5O. The van der Waals surface area contributed by atoms with E-state index < -0.39 is 11.7 Å². The van der Waals surface area contributed by atoms with Gasteiger partial charge < -0.3 is 11.1 Å². The fourth-order valence-corrected chi connectivity index (χ4v) is 3.21. The molecule has 29 heavy (non-hydrogen) atoms. The third kappa shape index (κ3) is 4.60. The lowest BCUT2D eigenvalue weighted by Gasteiger charge is -2.06. The molecule has 9 heteroatoms. The Morgan fingerprint density at radius 2 is 1.90 bits per heavy atom. The minimum absolute atomic E-state index is 0.168. The predicted octanol–water partition coefficient (Wildman–Crippen LogP) is 3.73. The van der Waals surface area contributed by atoms with Crippen molar-refractivity contribution in [1.82, 2.24) is 15.1 Å². The van der Waals surface area contributed by atoms with Gasteiger partial charge in [-0.15, -0.1) is 0 Å². The Balaban J connectivity index is 1.66. The highest BCUT2D eigenvalue weighted by atomic mass is 79.9. The number of benzene rings is 2. The van der Waals surface area contributed by atoms with E-state index in [1.165, 1.54) is 41.1 Å². The zero-order valence-electron chi connectivity index (χ0n) is 15.1. The van der Waals surface area contributed by atoms with Crippen LogP contribution in [0.4, 0.5) is 14.6 Å². The van der Waals surface area contributed by atoms with Gasteiger partial charge in [-0.3, -0.25) is 4.79 Å². The maximum atomic E-state index is 13.3. The first kappa shape index (κ1) is 20.5. The van der Waals surface area contributed by atoms with Gasteiger partial charge in [0.1, 0.15) is 29.1 Å². The van der Waals surface area contributed by atoms with Crippen molar-refractivity contribution in [3.05, 3.63) is 75.4 Å². The zero-order chi connectivity index (χ0) is 21.0. The van der Waals surface area contributed by atoms with Gasteiger partial charge in [-0.2, -0.15) is 10.4 Å². The van der Waals surface area contributed by atoms with Crippen LogP contribution in [-0.2, 0) is 6.42 Å². The SMILES string of the molecule is N#Cc1c(CCCNC(=O)c2cc(F)ccc2Br)nn(-c2ccc(F)cc2)c1N. The second-order valence-electron chi connectivity index (χ2n) is 6.19. The van der Waals surface area contributed by atoms with Crippen molar-refractivity contribution >= 4 is 27.7 Å². The Bertz CT molecular complexity index is 1090. The van der Waals surface area contributed by atoms with Crippen molar-refractivity contribution in [2.45, 2.75) is 12.8 Å². The van der Waals surface area contributed by atoms with Crippen LogP contribution >= 0.6 is 15.9 Å². The minimum atomic E-state index is -0.501. The number of rotatable bonds is 6. The van der Waals surface area contributed by atoms with Crippen LogP contribution in [0.1, 0.15) is 28.0 Å². The molecule has 0 saturated carbocycles. The summed E-state index contributed by atoms with van der Waals surface area (Å²) in [4.78, 5) is 12.2. The van der Waals surface area contributed by atoms with E-state index in [0.717, 1.165) is 6.07 Å². The van der Waals surface area contributed by atoms with Crippen molar-refractivity contribution in [1.29, 1.82) is 5.26 Å². The molecule has 6 nitrogen and oxygen atoms in total. The molecular weight excluding hydrogens is 444 g/mol. The lowest BCUT2D eigenvalue weighted by molar-refractivity contribution is 0.0952. The van der Waals surface area contributed by atoms with Crippen molar-refractivity contribution in [2.75, 3.05) is 12.3 Å². The van der Waals surface area contributed by atoms with Crippen molar-refractivity contribution in [3.8, 4) is 11.8 Å². The molecule has 0 aliphatic rings. The van der Waals surface area contributed by atoms with E-state index in [9.17, 15) is 18.8 Å². The summed E-state index contributed by atoms with van der Waals surface area (Å²) in [6.45, 7) is 0.302. The van der Waals surface area contributed by atoms with Crippen molar-refractivity contribution in [3.63, 3.8) is 0 Å². The molecule has 0 atom stereocenters. The van der Waals surface area contributed by atoms with Crippen molar-refractivity contribution in [2.24, 2.45) is 0 Å². The number of carbonyl (C=O) groups is 1. The van der Waals surface area contributed by atoms with Gasteiger partial charge >= 0.3 is 0 Å². The molecule has 0 spiro atoms. The minimum Gasteiger partial charge on any atom is -0.382 e. The Hall–Kier alpha value is -3.25. The standard InChI is InChI=1S/C20H16BrF2N5O/c21-17-8-5-13(23)10-15(17)20(29)26-9-1-2-18-16(11-24)19(25)28(27-18)14-6-3-12(22)4-7-14/h3-8,10H,1-2,9,25H2,(H,26,29). The topological polar surface area (TPSA) is 96.7 Å². The molecule has 1 amide bonds. The highest BCUT2D eigenvalue weighted by Crippen LogP contribution is 2.22. The average molecular weight is 460 g/mol. The van der Waals surface area contributed by atoms with E-state index in [2.05, 4.69) is 26.3 Å². The van der Waals surface area contributed by atoms with Gasteiger partial charge in [-0.05, 0) is 71.2 Å². The Morgan fingerprint density at radius 3 is 2.59 bits per heavy atom. The number of aryl methyl sites for hydroxylation is 1. The Morgan fingerprint density at radius 1 is 1.21 bits per heavy atom. The summed E-state index contributed by atoms with van der Waals surface area (Å²) < 4.78 is 28.3. The molecule has 3 N–H and O–H groups in total. The van der Waals surface area contributed by atoms with Gasteiger partial charge in [0.15, 0.2) is 0 Å². The number of carbonyl (C=O) groups excluding carboxylic acids is 1. The molecule has 0 fully saturated rings. The van der Waals surface area contributed by atoms with Crippen LogP contribution in [-0.4, -0.2) is 22.2 Å². The second kappa shape index (κ2) is 8.84. The van der Waals surface area contributed by atoms with Crippen LogP contribution in [0.25, 0.3) is 5.69 Å². The highest BCUT2D eigenvalue weighted by molar-refractivity contribution is 9.10. The van der Waals surface area contributed by atoms with Crippen LogP contribution in [0.5, 0.6) is 0 Å². The predicted molar refractivity (Wildman–Crippen MR) is 107 cm³/mol. The Labute approximate surface area is 174 Å². The van der Waals surface area contributed by atoms with Gasteiger partial charge in [0, 0.05) is 11.0 Å². The number of nitrogens with one attached hydrogen (secondary N) is 1. The number of anilines is 1. The maximum absolute atomic E-state index is 13.3. The number of nitrogen functional groups attached to an aromatic ring is 1. The molecule has 148 valence electrons. The fraction of sp³-hybridized carbons (Fsp3) is 0.150. The number of halogens is 3. The van der Waals surface area contributed by atoms with Crippen molar-refractivity contribution < 1.29 is 13.6 Å². The summed E-state index contributed by atoms with van der Waals surface area (Å²) in [5, 5.41) is 16.5. The lowest BCUT2D eigenvalue weighted by atomic mass is 10.1. The van der Waals surface area contributed by atoms with E-state index in [0.29, 0.717) is 35.2 Å². The molecule has 0 radical (unpaired) electrons. The average Bonchev–Trinajstić information content (AvgIpc) is 3.02. The second-order valence-corrected chi connectivity index (χ2v) is 7.04. The molecule has 0 unspecified atom stereocenters. The first-order valence-electron chi connectivity index (χ1n) is 8.67. The summed E-state index contributed by atoms with van der Waals surface area (Å²) in [5.74, 6) is -1.13. The quantitative estimate of drug-likeness (QED) is 0.548. The van der Waals surface area contributed by atoms with Gasteiger partial charge in [0.25, 0.3) is 5.91 Å². The van der Waals surface area contributed by atoms with Gasteiger partial charge in [0.05, 0.1) is 16.9 Å². The number of amides is 1. The number of nitrogens with two attached hydrogens (primary N) is 1. The molecule has 0 aliphatic carbocycles. The molecule has 2 aromatic carbocycles. The first-order valence-corrected chi connectivity index (χ1v) is 9.46. The lowest BCUT2D eigenvalue weighted by Crippen LogP contribution is -2.25. The van der Waals surface area contributed by atoms with Crippen LogP contribution in [0.15, 0.2) is 46.9 Å². The summed E-state index contributed by atoms with van der Waals surface area (Å²) in [6, 6.07) is 11.5. The number of nitrogens with zero attached hydrogens (tertiary/aromatic N) is 3. The van der Waals surface area contributed by atoms with E-state index in [4.69, 9.17) is 5.73 Å². The number of hydrogen-bond donors (Lipinski definition) is 2. The summed E-state index contributed by atoms with van der Waals surface area (Å²) in [7, 11) is 0. The zero-order valence-corrected chi connectivity index (χ0v) is 16.7. The monoisotopic (exact) mass is 459 g/mol. The van der Waals surface area contributed by atoms with E-state index >= 15 is 0 Å². The van der Waals surface area contributed by atoms with Crippen LogP contribution in [0.3, 0.4) is 0 Å². The Kier molecular flexibility index (Phi) is 6.24. The fourth-order valence-electron chi connectivity index (χ4n) is 2.78.